The molecule has 3 heteroatoms. The molecule has 0 aromatic heterocycles. The summed E-state index contributed by atoms with van der Waals surface area (Å²) in [5, 5.41) is 3.04. The number of hydrogen-bond donors (Lipinski definition) is 1. The first-order valence-corrected chi connectivity index (χ1v) is 7.89. The molecule has 2 aromatic carbocycles. The molecule has 2 rings (SSSR count). The van der Waals surface area contributed by atoms with Crippen LogP contribution in [0.25, 0.3) is 0 Å². The van der Waals surface area contributed by atoms with Gasteiger partial charge in [0.25, 0.3) is 0 Å². The molecular weight excluding hydrogens is 266 g/mol. The van der Waals surface area contributed by atoms with Gasteiger partial charge in [0, 0.05) is 4.90 Å². The molecule has 1 N–H and O–H groups in total. The quantitative estimate of drug-likeness (QED) is 0.846. The summed E-state index contributed by atoms with van der Waals surface area (Å²) in [6.07, 6.45) is 2.48. The van der Waals surface area contributed by atoms with Crippen molar-refractivity contribution in [2.45, 2.75) is 24.3 Å². The summed E-state index contributed by atoms with van der Waals surface area (Å²) < 4.78 is 0. The van der Waals surface area contributed by atoms with E-state index in [1.807, 2.05) is 37.3 Å². The monoisotopic (exact) mass is 285 g/mol. The fraction of sp³-hybridized carbons (Fsp3) is 0.235. The Morgan fingerprint density at radius 1 is 1.10 bits per heavy atom. The molecule has 2 aromatic rings. The van der Waals surface area contributed by atoms with Crippen LogP contribution in [-0.4, -0.2) is 12.2 Å². The van der Waals surface area contributed by atoms with Gasteiger partial charge in [-0.15, -0.1) is 11.8 Å². The van der Waals surface area contributed by atoms with Crippen molar-refractivity contribution in [2.75, 3.05) is 6.26 Å². The van der Waals surface area contributed by atoms with Crippen LogP contribution in [0.5, 0.6) is 0 Å². The van der Waals surface area contributed by atoms with Crippen LogP contribution in [0, 0.1) is 0 Å². The summed E-state index contributed by atoms with van der Waals surface area (Å²) in [5.74, 6) is 0.0534. The molecule has 0 aliphatic carbocycles. The smallest absolute Gasteiger partial charge is 0.224 e. The van der Waals surface area contributed by atoms with Gasteiger partial charge in [0.15, 0.2) is 0 Å². The van der Waals surface area contributed by atoms with Gasteiger partial charge in [-0.3, -0.25) is 4.79 Å². The molecule has 0 spiro atoms. The van der Waals surface area contributed by atoms with Gasteiger partial charge in [0.1, 0.15) is 0 Å². The van der Waals surface area contributed by atoms with Gasteiger partial charge < -0.3 is 5.32 Å². The Morgan fingerprint density at radius 3 is 2.35 bits per heavy atom. The number of amides is 1. The van der Waals surface area contributed by atoms with Gasteiger partial charge in [-0.2, -0.15) is 0 Å². The maximum absolute atomic E-state index is 12.0. The fourth-order valence-corrected chi connectivity index (χ4v) is 2.46. The second kappa shape index (κ2) is 7.15. The Balaban J connectivity index is 1.93. The molecule has 0 unspecified atom stereocenters. The molecule has 20 heavy (non-hydrogen) atoms. The first-order chi connectivity index (χ1) is 9.69. The second-order valence-corrected chi connectivity index (χ2v) is 5.60. The Labute approximate surface area is 124 Å². The van der Waals surface area contributed by atoms with Crippen LogP contribution in [0.4, 0.5) is 0 Å². The van der Waals surface area contributed by atoms with Crippen molar-refractivity contribution in [2.24, 2.45) is 0 Å². The highest BCUT2D eigenvalue weighted by Crippen LogP contribution is 2.18. The van der Waals surface area contributed by atoms with Crippen LogP contribution in [-0.2, 0) is 11.2 Å². The normalized spacial score (nSPS) is 11.9. The first-order valence-electron chi connectivity index (χ1n) is 6.66. The Morgan fingerprint density at radius 2 is 1.75 bits per heavy atom. The van der Waals surface area contributed by atoms with E-state index in [4.69, 9.17) is 0 Å². The number of benzene rings is 2. The molecular formula is C17H19NOS. The van der Waals surface area contributed by atoms with Crippen molar-refractivity contribution >= 4 is 17.7 Å². The highest BCUT2D eigenvalue weighted by atomic mass is 32.2. The predicted octanol–water partition coefficient (Wildman–Crippen LogP) is 3.83. The zero-order chi connectivity index (χ0) is 14.4. The van der Waals surface area contributed by atoms with Crippen molar-refractivity contribution in [3.8, 4) is 0 Å². The molecule has 0 saturated carbocycles. The molecule has 0 heterocycles. The van der Waals surface area contributed by atoms with E-state index in [1.54, 1.807) is 11.8 Å². The third-order valence-electron chi connectivity index (χ3n) is 3.20. The second-order valence-electron chi connectivity index (χ2n) is 4.72. The van der Waals surface area contributed by atoms with Gasteiger partial charge in [-0.1, -0.05) is 42.5 Å². The lowest BCUT2D eigenvalue weighted by atomic mass is 10.1. The van der Waals surface area contributed by atoms with Crippen LogP contribution in [0.15, 0.2) is 59.5 Å². The van der Waals surface area contributed by atoms with Crippen LogP contribution in [0.3, 0.4) is 0 Å². The summed E-state index contributed by atoms with van der Waals surface area (Å²) in [6, 6.07) is 18.1. The molecule has 0 saturated heterocycles. The van der Waals surface area contributed by atoms with Gasteiger partial charge in [-0.05, 0) is 36.4 Å². The zero-order valence-corrected chi connectivity index (χ0v) is 12.6. The predicted molar refractivity (Wildman–Crippen MR) is 84.9 cm³/mol. The summed E-state index contributed by atoms with van der Waals surface area (Å²) in [7, 11) is 0. The van der Waals surface area contributed by atoms with E-state index in [0.717, 1.165) is 11.1 Å². The number of carbonyl (C=O) groups excluding carboxylic acids is 1. The van der Waals surface area contributed by atoms with Crippen LogP contribution in [0.1, 0.15) is 24.1 Å². The van der Waals surface area contributed by atoms with Crippen molar-refractivity contribution in [1.82, 2.24) is 5.32 Å². The Hall–Kier alpha value is -1.74. The molecule has 0 bridgehead atoms. The molecule has 0 aliphatic rings. The molecule has 104 valence electrons. The van der Waals surface area contributed by atoms with E-state index in [2.05, 4.69) is 35.8 Å². The fourth-order valence-electron chi connectivity index (χ4n) is 2.05. The summed E-state index contributed by atoms with van der Waals surface area (Å²) in [6.45, 7) is 2.01. The number of carbonyl (C=O) groups is 1. The van der Waals surface area contributed by atoms with Crippen LogP contribution in [0.2, 0.25) is 0 Å². The molecule has 0 aliphatic heterocycles. The van der Waals surface area contributed by atoms with E-state index in [0.29, 0.717) is 6.42 Å². The highest BCUT2D eigenvalue weighted by molar-refractivity contribution is 7.98. The van der Waals surface area contributed by atoms with E-state index >= 15 is 0 Å². The van der Waals surface area contributed by atoms with Crippen molar-refractivity contribution < 1.29 is 4.79 Å². The third-order valence-corrected chi connectivity index (χ3v) is 3.94. The topological polar surface area (TPSA) is 29.1 Å². The van der Waals surface area contributed by atoms with E-state index in [1.165, 1.54) is 4.90 Å². The van der Waals surface area contributed by atoms with Crippen molar-refractivity contribution in [3.05, 3.63) is 65.7 Å². The lowest BCUT2D eigenvalue weighted by Gasteiger charge is -2.14. The van der Waals surface area contributed by atoms with Gasteiger partial charge in [0.2, 0.25) is 5.91 Å². The van der Waals surface area contributed by atoms with E-state index in [-0.39, 0.29) is 11.9 Å². The number of thioether (sulfide) groups is 1. The first kappa shape index (κ1) is 14.7. The Kier molecular flexibility index (Phi) is 5.24. The standard InChI is InChI=1S/C17H19NOS/c1-13(15-8-10-16(20-2)11-9-15)18-17(19)12-14-6-4-3-5-7-14/h3-11,13H,12H2,1-2H3,(H,18,19)/t13-/m1/s1. The average molecular weight is 285 g/mol. The van der Waals surface area contributed by atoms with E-state index < -0.39 is 0 Å². The number of hydrogen-bond acceptors (Lipinski definition) is 2. The highest BCUT2D eigenvalue weighted by Gasteiger charge is 2.09. The van der Waals surface area contributed by atoms with Crippen LogP contribution < -0.4 is 5.32 Å². The summed E-state index contributed by atoms with van der Waals surface area (Å²) in [5.41, 5.74) is 2.17. The molecule has 0 radical (unpaired) electrons. The van der Waals surface area contributed by atoms with Crippen molar-refractivity contribution in [1.29, 1.82) is 0 Å². The van der Waals surface area contributed by atoms with Crippen molar-refractivity contribution in [3.63, 3.8) is 0 Å². The summed E-state index contributed by atoms with van der Waals surface area (Å²) in [4.78, 5) is 13.2. The van der Waals surface area contributed by atoms with Gasteiger partial charge >= 0.3 is 0 Å². The maximum atomic E-state index is 12.0. The maximum Gasteiger partial charge on any atom is 0.224 e. The number of rotatable bonds is 5. The lowest BCUT2D eigenvalue weighted by molar-refractivity contribution is -0.121. The largest absolute Gasteiger partial charge is 0.349 e. The molecule has 2 nitrogen and oxygen atoms in total. The SMILES string of the molecule is CSc1ccc([C@@H](C)NC(=O)Cc2ccccc2)cc1. The lowest BCUT2D eigenvalue weighted by Crippen LogP contribution is -2.28. The Bertz CT molecular complexity index is 551. The minimum atomic E-state index is 0.0297. The van der Waals surface area contributed by atoms with Crippen LogP contribution >= 0.6 is 11.8 Å². The van der Waals surface area contributed by atoms with Gasteiger partial charge in [-0.25, -0.2) is 0 Å². The third kappa shape index (κ3) is 4.14. The minimum absolute atomic E-state index is 0.0297. The molecule has 1 atom stereocenters. The van der Waals surface area contributed by atoms with E-state index in [9.17, 15) is 4.79 Å². The zero-order valence-electron chi connectivity index (χ0n) is 11.8. The minimum Gasteiger partial charge on any atom is -0.349 e. The summed E-state index contributed by atoms with van der Waals surface area (Å²) >= 11 is 1.72. The number of nitrogens with one attached hydrogen (secondary N) is 1. The molecule has 1 amide bonds. The van der Waals surface area contributed by atoms with Gasteiger partial charge in [0.05, 0.1) is 12.5 Å². The average Bonchev–Trinajstić information content (AvgIpc) is 2.48. The molecule has 0 fully saturated rings.